The van der Waals surface area contributed by atoms with Gasteiger partial charge in [-0.1, -0.05) is 25.6 Å². The van der Waals surface area contributed by atoms with Crippen LogP contribution >= 0.6 is 11.8 Å². The van der Waals surface area contributed by atoms with Crippen LogP contribution in [0.4, 0.5) is 5.95 Å². The van der Waals surface area contributed by atoms with E-state index in [2.05, 4.69) is 33.7 Å². The first-order valence-electron chi connectivity index (χ1n) is 6.19. The molecule has 1 aromatic heterocycles. The molecule has 7 heteroatoms. The van der Waals surface area contributed by atoms with Crippen molar-refractivity contribution in [3.8, 4) is 6.01 Å². The van der Waals surface area contributed by atoms with Gasteiger partial charge in [-0.05, 0) is 20.0 Å². The Morgan fingerprint density at radius 3 is 2.50 bits per heavy atom. The van der Waals surface area contributed by atoms with Gasteiger partial charge >= 0.3 is 6.01 Å². The van der Waals surface area contributed by atoms with Crippen LogP contribution in [-0.2, 0) is 0 Å². The van der Waals surface area contributed by atoms with Gasteiger partial charge in [0.05, 0.1) is 6.61 Å². The van der Waals surface area contributed by atoms with Gasteiger partial charge in [-0.3, -0.25) is 0 Å². The summed E-state index contributed by atoms with van der Waals surface area (Å²) in [5.41, 5.74) is 5.61. The van der Waals surface area contributed by atoms with E-state index >= 15 is 0 Å². The largest absolute Gasteiger partial charge is 0.464 e. The number of hydrogen-bond acceptors (Lipinski definition) is 7. The Morgan fingerprint density at radius 1 is 1.17 bits per heavy atom. The maximum atomic E-state index is 5.61. The van der Waals surface area contributed by atoms with Crippen molar-refractivity contribution in [2.24, 2.45) is 0 Å². The second-order valence-electron chi connectivity index (χ2n) is 3.57. The van der Waals surface area contributed by atoms with Crippen LogP contribution in [0.1, 0.15) is 20.8 Å². The van der Waals surface area contributed by atoms with Crippen LogP contribution in [0.25, 0.3) is 0 Å². The molecular weight excluding hydrogens is 250 g/mol. The normalized spacial score (nSPS) is 10.9. The highest BCUT2D eigenvalue weighted by molar-refractivity contribution is 7.99. The highest BCUT2D eigenvalue weighted by Gasteiger charge is 2.06. The Morgan fingerprint density at radius 2 is 1.89 bits per heavy atom. The smallest absolute Gasteiger partial charge is 0.322 e. The van der Waals surface area contributed by atoms with E-state index in [0.717, 1.165) is 25.4 Å². The Hall–Kier alpha value is -1.08. The molecule has 0 radical (unpaired) electrons. The number of ether oxygens (including phenoxy) is 1. The molecule has 0 bridgehead atoms. The molecule has 0 saturated carbocycles. The standard InChI is InChI=1S/C11H21N5OS/c1-4-16(5-2)7-8-18-11-14-9(12)13-10(15-11)17-6-3/h4-8H2,1-3H3,(H2,12,13,14,15). The summed E-state index contributed by atoms with van der Waals surface area (Å²) >= 11 is 1.57. The molecule has 102 valence electrons. The maximum absolute atomic E-state index is 5.61. The van der Waals surface area contributed by atoms with Gasteiger partial charge in [-0.25, -0.2) is 0 Å². The molecule has 1 rings (SSSR count). The van der Waals surface area contributed by atoms with Crippen LogP contribution in [0.2, 0.25) is 0 Å². The van der Waals surface area contributed by atoms with Gasteiger partial charge in [-0.2, -0.15) is 15.0 Å². The van der Waals surface area contributed by atoms with E-state index in [1.165, 1.54) is 0 Å². The van der Waals surface area contributed by atoms with Crippen molar-refractivity contribution in [2.45, 2.75) is 25.9 Å². The summed E-state index contributed by atoms with van der Waals surface area (Å²) in [6.07, 6.45) is 0. The topological polar surface area (TPSA) is 77.2 Å². The molecule has 0 unspecified atom stereocenters. The lowest BCUT2D eigenvalue weighted by atomic mass is 10.5. The molecule has 0 saturated heterocycles. The first-order valence-corrected chi connectivity index (χ1v) is 7.17. The third kappa shape index (κ3) is 5.05. The first-order chi connectivity index (χ1) is 8.69. The van der Waals surface area contributed by atoms with E-state index in [4.69, 9.17) is 10.5 Å². The second kappa shape index (κ2) is 8.10. The Balaban J connectivity index is 2.51. The molecule has 0 aliphatic heterocycles. The number of anilines is 1. The second-order valence-corrected chi connectivity index (χ2v) is 4.63. The molecule has 2 N–H and O–H groups in total. The summed E-state index contributed by atoms with van der Waals surface area (Å²) in [5, 5.41) is 0.623. The predicted molar refractivity (Wildman–Crippen MR) is 73.9 cm³/mol. The minimum Gasteiger partial charge on any atom is -0.464 e. The maximum Gasteiger partial charge on any atom is 0.322 e. The quantitative estimate of drug-likeness (QED) is 0.714. The van der Waals surface area contributed by atoms with Crippen molar-refractivity contribution < 1.29 is 4.74 Å². The fourth-order valence-corrected chi connectivity index (χ4v) is 2.25. The number of nitrogens with two attached hydrogens (primary N) is 1. The van der Waals surface area contributed by atoms with E-state index in [9.17, 15) is 0 Å². The molecule has 0 spiro atoms. The van der Waals surface area contributed by atoms with Crippen LogP contribution < -0.4 is 10.5 Å². The molecule has 0 aliphatic carbocycles. The predicted octanol–water partition coefficient (Wildman–Crippen LogP) is 1.29. The van der Waals surface area contributed by atoms with Crippen LogP contribution in [0.15, 0.2) is 5.16 Å². The molecule has 0 fully saturated rings. The fourth-order valence-electron chi connectivity index (χ4n) is 1.42. The van der Waals surface area contributed by atoms with Gasteiger partial charge < -0.3 is 15.4 Å². The first kappa shape index (κ1) is 15.0. The number of aromatic nitrogens is 3. The average Bonchev–Trinajstić information content (AvgIpc) is 2.34. The van der Waals surface area contributed by atoms with Gasteiger partial charge in [-0.15, -0.1) is 0 Å². The molecule has 0 aromatic carbocycles. The van der Waals surface area contributed by atoms with Gasteiger partial charge in [0, 0.05) is 12.3 Å². The zero-order valence-electron chi connectivity index (χ0n) is 11.2. The molecule has 0 aliphatic rings. The van der Waals surface area contributed by atoms with E-state index in [0.29, 0.717) is 17.8 Å². The zero-order chi connectivity index (χ0) is 13.4. The Labute approximate surface area is 112 Å². The monoisotopic (exact) mass is 271 g/mol. The summed E-state index contributed by atoms with van der Waals surface area (Å²) in [7, 11) is 0. The summed E-state index contributed by atoms with van der Waals surface area (Å²) < 4.78 is 5.23. The fraction of sp³-hybridized carbons (Fsp3) is 0.727. The third-order valence-electron chi connectivity index (χ3n) is 2.42. The molecular formula is C11H21N5OS. The molecule has 1 aromatic rings. The van der Waals surface area contributed by atoms with Gasteiger partial charge in [0.1, 0.15) is 0 Å². The number of nitrogen functional groups attached to an aromatic ring is 1. The SMILES string of the molecule is CCOc1nc(N)nc(SCCN(CC)CC)n1. The molecule has 0 atom stereocenters. The molecule has 18 heavy (non-hydrogen) atoms. The van der Waals surface area contributed by atoms with Crippen LogP contribution in [-0.4, -0.2) is 51.8 Å². The Bertz CT molecular complexity index is 359. The summed E-state index contributed by atoms with van der Waals surface area (Å²) in [6, 6.07) is 0.301. The van der Waals surface area contributed by atoms with Gasteiger partial charge in [0.2, 0.25) is 5.95 Å². The number of thioether (sulfide) groups is 1. The number of nitrogens with zero attached hydrogens (tertiary/aromatic N) is 4. The van der Waals surface area contributed by atoms with Crippen molar-refractivity contribution in [3.63, 3.8) is 0 Å². The molecule has 1 heterocycles. The lowest BCUT2D eigenvalue weighted by Gasteiger charge is -2.16. The van der Waals surface area contributed by atoms with E-state index < -0.39 is 0 Å². The van der Waals surface area contributed by atoms with Crippen molar-refractivity contribution in [1.29, 1.82) is 0 Å². The zero-order valence-corrected chi connectivity index (χ0v) is 12.0. The average molecular weight is 271 g/mol. The number of hydrogen-bond donors (Lipinski definition) is 1. The number of rotatable bonds is 8. The molecule has 0 amide bonds. The highest BCUT2D eigenvalue weighted by atomic mass is 32.2. The highest BCUT2D eigenvalue weighted by Crippen LogP contribution is 2.16. The van der Waals surface area contributed by atoms with Crippen molar-refractivity contribution >= 4 is 17.7 Å². The van der Waals surface area contributed by atoms with E-state index in [-0.39, 0.29) is 5.95 Å². The summed E-state index contributed by atoms with van der Waals surface area (Å²) in [6.45, 7) is 9.83. The molecule has 6 nitrogen and oxygen atoms in total. The minimum atomic E-state index is 0.207. The van der Waals surface area contributed by atoms with Crippen LogP contribution in [0, 0.1) is 0 Å². The van der Waals surface area contributed by atoms with Crippen LogP contribution in [0.3, 0.4) is 0 Å². The van der Waals surface area contributed by atoms with Gasteiger partial charge in [0.15, 0.2) is 5.16 Å². The van der Waals surface area contributed by atoms with Crippen molar-refractivity contribution in [2.75, 3.05) is 37.7 Å². The van der Waals surface area contributed by atoms with E-state index in [1.807, 2.05) is 6.92 Å². The summed E-state index contributed by atoms with van der Waals surface area (Å²) in [4.78, 5) is 14.5. The third-order valence-corrected chi connectivity index (χ3v) is 3.25. The van der Waals surface area contributed by atoms with Crippen molar-refractivity contribution in [3.05, 3.63) is 0 Å². The van der Waals surface area contributed by atoms with Crippen LogP contribution in [0.5, 0.6) is 6.01 Å². The summed E-state index contributed by atoms with van der Waals surface area (Å²) in [5.74, 6) is 1.13. The van der Waals surface area contributed by atoms with Crippen molar-refractivity contribution in [1.82, 2.24) is 19.9 Å². The minimum absolute atomic E-state index is 0.207. The lowest BCUT2D eigenvalue weighted by Crippen LogP contribution is -2.25. The van der Waals surface area contributed by atoms with Gasteiger partial charge in [0.25, 0.3) is 0 Å². The lowest BCUT2D eigenvalue weighted by molar-refractivity contribution is 0.308. The van der Waals surface area contributed by atoms with E-state index in [1.54, 1.807) is 11.8 Å². The Kier molecular flexibility index (Phi) is 6.74.